The molecule has 0 aromatic carbocycles. The Balaban J connectivity index is 1.80. The summed E-state index contributed by atoms with van der Waals surface area (Å²) in [6.45, 7) is 1.62. The van der Waals surface area contributed by atoms with E-state index in [0.717, 1.165) is 19.5 Å². The molecule has 0 unspecified atom stereocenters. The van der Waals surface area contributed by atoms with Gasteiger partial charge < -0.3 is 5.32 Å². The number of hydrogen-bond donors (Lipinski definition) is 1. The molecule has 2 rings (SSSR count). The molecule has 17 heavy (non-hydrogen) atoms. The maximum Gasteiger partial charge on any atom is 0.174 e. The Morgan fingerprint density at radius 1 is 1.29 bits per heavy atom. The Bertz CT molecular complexity index is 472. The van der Waals surface area contributed by atoms with E-state index >= 15 is 0 Å². The fourth-order valence-corrected chi connectivity index (χ4v) is 1.68. The van der Waals surface area contributed by atoms with Crippen molar-refractivity contribution in [1.29, 1.82) is 0 Å². The second-order valence-electron chi connectivity index (χ2n) is 3.42. The van der Waals surface area contributed by atoms with E-state index in [1.807, 2.05) is 16.9 Å². The molecule has 0 bridgehead atoms. The lowest BCUT2D eigenvalue weighted by molar-refractivity contribution is 0.592. The molecule has 0 aliphatic heterocycles. The maximum atomic E-state index is 5.86. The van der Waals surface area contributed by atoms with E-state index in [9.17, 15) is 0 Å². The number of nitrogens with one attached hydrogen (secondary N) is 1. The van der Waals surface area contributed by atoms with Crippen molar-refractivity contribution in [2.24, 2.45) is 0 Å². The van der Waals surface area contributed by atoms with Crippen LogP contribution in [0.1, 0.15) is 6.42 Å². The zero-order valence-corrected chi connectivity index (χ0v) is 10.5. The van der Waals surface area contributed by atoms with Crippen LogP contribution in [0.3, 0.4) is 0 Å². The first-order chi connectivity index (χ1) is 8.25. The van der Waals surface area contributed by atoms with Crippen molar-refractivity contribution in [3.8, 4) is 0 Å². The number of hydrogen-bond acceptors (Lipinski definition) is 4. The first-order valence-electron chi connectivity index (χ1n) is 5.16. The number of anilines is 1. The molecule has 0 atom stereocenters. The Hall–Kier alpha value is -1.33. The minimum atomic E-state index is 0.323. The molecule has 0 aliphatic carbocycles. The van der Waals surface area contributed by atoms with Crippen LogP contribution in [0.5, 0.6) is 0 Å². The standard InChI is InChI=1S/C10H11Cl2N5/c11-9-7-8(10(12)16-15-9)13-3-1-5-17-6-2-4-14-17/h2,4,6-7H,1,3,5H2,(H,13,15). The molecule has 2 aromatic heterocycles. The average molecular weight is 272 g/mol. The summed E-state index contributed by atoms with van der Waals surface area (Å²) >= 11 is 11.6. The Kier molecular flexibility index (Phi) is 4.17. The number of nitrogens with zero attached hydrogens (tertiary/aromatic N) is 4. The number of aryl methyl sites for hydroxylation is 1. The summed E-state index contributed by atoms with van der Waals surface area (Å²) in [5.41, 5.74) is 0.701. The first kappa shape index (κ1) is 12.1. The van der Waals surface area contributed by atoms with Crippen LogP contribution in [0.4, 0.5) is 5.69 Å². The second kappa shape index (κ2) is 5.84. The fourth-order valence-electron chi connectivity index (χ4n) is 1.37. The minimum absolute atomic E-state index is 0.323. The second-order valence-corrected chi connectivity index (χ2v) is 4.17. The molecule has 1 N–H and O–H groups in total. The van der Waals surface area contributed by atoms with Gasteiger partial charge in [-0.25, -0.2) is 0 Å². The van der Waals surface area contributed by atoms with Gasteiger partial charge in [-0.05, 0) is 12.5 Å². The van der Waals surface area contributed by atoms with E-state index in [2.05, 4.69) is 20.6 Å². The summed E-state index contributed by atoms with van der Waals surface area (Å²) in [5, 5.41) is 15.3. The summed E-state index contributed by atoms with van der Waals surface area (Å²) < 4.78 is 1.88. The number of halogens is 2. The van der Waals surface area contributed by atoms with Crippen LogP contribution in [0.15, 0.2) is 24.5 Å². The molecular formula is C10H11Cl2N5. The molecule has 0 radical (unpaired) electrons. The molecule has 0 saturated carbocycles. The summed E-state index contributed by atoms with van der Waals surface area (Å²) in [6, 6.07) is 3.56. The van der Waals surface area contributed by atoms with Crippen molar-refractivity contribution in [1.82, 2.24) is 20.0 Å². The molecule has 90 valence electrons. The van der Waals surface area contributed by atoms with Crippen LogP contribution < -0.4 is 5.32 Å². The Morgan fingerprint density at radius 3 is 2.94 bits per heavy atom. The van der Waals surface area contributed by atoms with Crippen molar-refractivity contribution in [2.75, 3.05) is 11.9 Å². The van der Waals surface area contributed by atoms with Gasteiger partial charge in [0.25, 0.3) is 0 Å². The smallest absolute Gasteiger partial charge is 0.174 e. The van der Waals surface area contributed by atoms with Gasteiger partial charge in [-0.3, -0.25) is 4.68 Å². The summed E-state index contributed by atoms with van der Waals surface area (Å²) in [7, 11) is 0. The highest BCUT2D eigenvalue weighted by Gasteiger charge is 2.02. The zero-order chi connectivity index (χ0) is 12.1. The van der Waals surface area contributed by atoms with Gasteiger partial charge in [-0.15, -0.1) is 10.2 Å². The van der Waals surface area contributed by atoms with E-state index in [1.54, 1.807) is 12.3 Å². The van der Waals surface area contributed by atoms with Crippen molar-refractivity contribution in [3.05, 3.63) is 34.8 Å². The Morgan fingerprint density at radius 2 is 2.18 bits per heavy atom. The molecule has 2 heterocycles. The van der Waals surface area contributed by atoms with E-state index < -0.39 is 0 Å². The molecule has 0 amide bonds. The highest BCUT2D eigenvalue weighted by molar-refractivity contribution is 6.33. The molecule has 5 nitrogen and oxygen atoms in total. The monoisotopic (exact) mass is 271 g/mol. The van der Waals surface area contributed by atoms with Gasteiger partial charge in [0.2, 0.25) is 0 Å². The van der Waals surface area contributed by atoms with E-state index in [1.165, 1.54) is 0 Å². The third-order valence-electron chi connectivity index (χ3n) is 2.16. The molecule has 0 fully saturated rings. The van der Waals surface area contributed by atoms with Gasteiger partial charge in [0.1, 0.15) is 0 Å². The highest BCUT2D eigenvalue weighted by atomic mass is 35.5. The van der Waals surface area contributed by atoms with Crippen molar-refractivity contribution in [2.45, 2.75) is 13.0 Å². The molecular weight excluding hydrogens is 261 g/mol. The zero-order valence-electron chi connectivity index (χ0n) is 8.98. The quantitative estimate of drug-likeness (QED) is 0.849. The first-order valence-corrected chi connectivity index (χ1v) is 5.91. The van der Waals surface area contributed by atoms with Gasteiger partial charge in [-0.1, -0.05) is 23.2 Å². The van der Waals surface area contributed by atoms with Gasteiger partial charge in [-0.2, -0.15) is 5.10 Å². The van der Waals surface area contributed by atoms with Crippen LogP contribution in [0.25, 0.3) is 0 Å². The highest BCUT2D eigenvalue weighted by Crippen LogP contribution is 2.20. The third-order valence-corrected chi connectivity index (χ3v) is 2.62. The van der Waals surface area contributed by atoms with Gasteiger partial charge in [0.05, 0.1) is 5.69 Å². The van der Waals surface area contributed by atoms with Crippen LogP contribution in [-0.4, -0.2) is 26.5 Å². The van der Waals surface area contributed by atoms with E-state index in [4.69, 9.17) is 23.2 Å². The summed E-state index contributed by atoms with van der Waals surface area (Å²) in [6.07, 6.45) is 4.62. The van der Waals surface area contributed by atoms with Gasteiger partial charge in [0.15, 0.2) is 10.3 Å². The number of aromatic nitrogens is 4. The fraction of sp³-hybridized carbons (Fsp3) is 0.300. The predicted octanol–water partition coefficient (Wildman–Crippen LogP) is 2.48. The van der Waals surface area contributed by atoms with E-state index in [0.29, 0.717) is 16.0 Å². The van der Waals surface area contributed by atoms with Crippen LogP contribution in [0.2, 0.25) is 10.3 Å². The molecule has 0 spiro atoms. The minimum Gasteiger partial charge on any atom is -0.382 e. The third kappa shape index (κ3) is 3.57. The summed E-state index contributed by atoms with van der Waals surface area (Å²) in [4.78, 5) is 0. The lowest BCUT2D eigenvalue weighted by Crippen LogP contribution is -2.08. The molecule has 2 aromatic rings. The molecule has 0 saturated heterocycles. The van der Waals surface area contributed by atoms with Crippen LogP contribution in [0, 0.1) is 0 Å². The lowest BCUT2D eigenvalue weighted by atomic mass is 10.4. The van der Waals surface area contributed by atoms with Gasteiger partial charge >= 0.3 is 0 Å². The van der Waals surface area contributed by atoms with Crippen molar-refractivity contribution < 1.29 is 0 Å². The van der Waals surface area contributed by atoms with Crippen molar-refractivity contribution >= 4 is 28.9 Å². The SMILES string of the molecule is Clc1cc(NCCCn2cccn2)c(Cl)nn1. The molecule has 0 aliphatic rings. The summed E-state index contributed by atoms with van der Waals surface area (Å²) in [5.74, 6) is 0. The largest absolute Gasteiger partial charge is 0.382 e. The topological polar surface area (TPSA) is 55.6 Å². The lowest BCUT2D eigenvalue weighted by Gasteiger charge is -2.07. The molecule has 7 heteroatoms. The van der Waals surface area contributed by atoms with Crippen LogP contribution >= 0.6 is 23.2 Å². The Labute approximate surface area is 109 Å². The normalized spacial score (nSPS) is 10.5. The van der Waals surface area contributed by atoms with Crippen LogP contribution in [-0.2, 0) is 6.54 Å². The predicted molar refractivity (Wildman–Crippen MR) is 67.4 cm³/mol. The van der Waals surface area contributed by atoms with E-state index in [-0.39, 0.29) is 0 Å². The average Bonchev–Trinajstić information content (AvgIpc) is 2.82. The maximum absolute atomic E-state index is 5.86. The number of rotatable bonds is 5. The van der Waals surface area contributed by atoms with Crippen molar-refractivity contribution in [3.63, 3.8) is 0 Å². The van der Waals surface area contributed by atoms with Gasteiger partial charge in [0, 0.05) is 31.5 Å².